The van der Waals surface area contributed by atoms with E-state index in [0.717, 1.165) is 22.0 Å². The topological polar surface area (TPSA) is 46.4 Å². The molecule has 8 heteroatoms. The predicted octanol–water partition coefficient (Wildman–Crippen LogP) is 7.03. The van der Waals surface area contributed by atoms with Crippen molar-refractivity contribution in [3.8, 4) is 0 Å². The van der Waals surface area contributed by atoms with Crippen molar-refractivity contribution in [2.24, 2.45) is 4.99 Å². The number of aromatic nitrogens is 1. The second kappa shape index (κ2) is 9.06. The summed E-state index contributed by atoms with van der Waals surface area (Å²) in [6.07, 6.45) is 3.85. The molecule has 0 spiro atoms. The second-order valence-corrected chi connectivity index (χ2v) is 9.23. The Morgan fingerprint density at radius 2 is 1.82 bits per heavy atom. The van der Waals surface area contributed by atoms with Gasteiger partial charge in [-0.15, -0.1) is 0 Å². The SMILES string of the molecule is O=C1NC(=Nc2cccc(Cl)c2Cl)S/C1=C\c1cn(Cc2ccc(F)cc2)c2ccccc12. The number of amides is 1. The Balaban J connectivity index is 1.47. The smallest absolute Gasteiger partial charge is 0.264 e. The van der Waals surface area contributed by atoms with E-state index in [2.05, 4.69) is 14.9 Å². The van der Waals surface area contributed by atoms with Crippen molar-refractivity contribution >= 4 is 68.7 Å². The number of hydrogen-bond donors (Lipinski definition) is 1. The summed E-state index contributed by atoms with van der Waals surface area (Å²) in [6, 6.07) is 19.6. The predicted molar refractivity (Wildman–Crippen MR) is 135 cm³/mol. The van der Waals surface area contributed by atoms with Crippen LogP contribution >= 0.6 is 35.0 Å². The molecule has 0 aliphatic carbocycles. The van der Waals surface area contributed by atoms with Crippen molar-refractivity contribution in [2.45, 2.75) is 6.54 Å². The molecular weight excluding hydrogens is 480 g/mol. The van der Waals surface area contributed by atoms with Crippen molar-refractivity contribution < 1.29 is 9.18 Å². The van der Waals surface area contributed by atoms with E-state index in [1.165, 1.54) is 23.9 Å². The minimum atomic E-state index is -0.262. The lowest BCUT2D eigenvalue weighted by Gasteiger charge is -2.05. The third-order valence-corrected chi connectivity index (χ3v) is 6.90. The molecule has 1 fully saturated rings. The molecule has 1 N–H and O–H groups in total. The molecule has 1 amide bonds. The van der Waals surface area contributed by atoms with Crippen molar-refractivity contribution in [1.82, 2.24) is 9.88 Å². The lowest BCUT2D eigenvalue weighted by atomic mass is 10.1. The fraction of sp³-hybridized carbons (Fsp3) is 0.0400. The van der Waals surface area contributed by atoms with Crippen LogP contribution in [0, 0.1) is 5.82 Å². The van der Waals surface area contributed by atoms with Crippen LogP contribution in [0.1, 0.15) is 11.1 Å². The molecule has 0 bridgehead atoms. The van der Waals surface area contributed by atoms with Gasteiger partial charge >= 0.3 is 0 Å². The Morgan fingerprint density at radius 3 is 2.64 bits per heavy atom. The highest BCUT2D eigenvalue weighted by molar-refractivity contribution is 8.18. The molecule has 1 aliphatic heterocycles. The first kappa shape index (κ1) is 21.8. The molecule has 4 nitrogen and oxygen atoms in total. The van der Waals surface area contributed by atoms with E-state index in [1.807, 2.05) is 36.5 Å². The number of fused-ring (bicyclic) bond motifs is 1. The Labute approximate surface area is 203 Å². The van der Waals surface area contributed by atoms with Crippen LogP contribution in [-0.4, -0.2) is 15.6 Å². The van der Waals surface area contributed by atoms with Crippen molar-refractivity contribution in [3.63, 3.8) is 0 Å². The molecule has 5 rings (SSSR count). The van der Waals surface area contributed by atoms with Crippen LogP contribution in [0.2, 0.25) is 10.0 Å². The molecule has 33 heavy (non-hydrogen) atoms. The molecule has 1 saturated heterocycles. The van der Waals surface area contributed by atoms with Gasteiger partial charge in [-0.25, -0.2) is 9.38 Å². The monoisotopic (exact) mass is 495 g/mol. The number of thioether (sulfide) groups is 1. The molecule has 2 heterocycles. The summed E-state index contributed by atoms with van der Waals surface area (Å²) < 4.78 is 15.4. The number of benzene rings is 3. The quantitative estimate of drug-likeness (QED) is 0.309. The molecule has 0 atom stereocenters. The Morgan fingerprint density at radius 1 is 1.03 bits per heavy atom. The summed E-state index contributed by atoms with van der Waals surface area (Å²) in [6.45, 7) is 0.587. The van der Waals surface area contributed by atoms with Gasteiger partial charge in [0.15, 0.2) is 5.17 Å². The molecule has 4 aromatic rings. The van der Waals surface area contributed by atoms with Crippen LogP contribution in [0.3, 0.4) is 0 Å². The zero-order valence-electron chi connectivity index (χ0n) is 17.1. The lowest BCUT2D eigenvalue weighted by Crippen LogP contribution is -2.19. The fourth-order valence-electron chi connectivity index (χ4n) is 3.62. The van der Waals surface area contributed by atoms with Crippen LogP contribution in [0.25, 0.3) is 17.0 Å². The van der Waals surface area contributed by atoms with E-state index in [-0.39, 0.29) is 11.7 Å². The third-order valence-electron chi connectivity index (χ3n) is 5.18. The largest absolute Gasteiger partial charge is 0.342 e. The summed E-state index contributed by atoms with van der Waals surface area (Å²) in [7, 11) is 0. The maximum absolute atomic E-state index is 13.3. The molecule has 0 unspecified atom stereocenters. The first-order valence-corrected chi connectivity index (χ1v) is 11.6. The van der Waals surface area contributed by atoms with Gasteiger partial charge in [-0.05, 0) is 53.7 Å². The van der Waals surface area contributed by atoms with Crippen molar-refractivity contribution in [2.75, 3.05) is 0 Å². The first-order chi connectivity index (χ1) is 16.0. The standard InChI is InChI=1S/C25H16Cl2FN3OS/c26-19-5-3-6-20(23(19)27)29-25-30-24(32)22(33-25)12-16-14-31(21-7-2-1-4-18(16)21)13-15-8-10-17(28)11-9-15/h1-12,14H,13H2,(H,29,30,32)/b22-12-. The van der Waals surface area contributed by atoms with Gasteiger partial charge in [-0.3, -0.25) is 4.79 Å². The van der Waals surface area contributed by atoms with Gasteiger partial charge in [0.2, 0.25) is 0 Å². The maximum atomic E-state index is 13.3. The molecule has 1 aliphatic rings. The van der Waals surface area contributed by atoms with Gasteiger partial charge in [-0.1, -0.05) is 59.6 Å². The van der Waals surface area contributed by atoms with Gasteiger partial charge in [0.25, 0.3) is 5.91 Å². The summed E-state index contributed by atoms with van der Waals surface area (Å²) in [4.78, 5) is 17.6. The van der Waals surface area contributed by atoms with Gasteiger partial charge in [0.05, 0.1) is 20.6 Å². The van der Waals surface area contributed by atoms with E-state index in [1.54, 1.807) is 30.3 Å². The van der Waals surface area contributed by atoms with E-state index in [9.17, 15) is 9.18 Å². The van der Waals surface area contributed by atoms with E-state index < -0.39 is 0 Å². The number of nitrogens with one attached hydrogen (secondary N) is 1. The fourth-order valence-corrected chi connectivity index (χ4v) is 4.78. The summed E-state index contributed by atoms with van der Waals surface area (Å²) in [5.74, 6) is -0.491. The maximum Gasteiger partial charge on any atom is 0.264 e. The Kier molecular flexibility index (Phi) is 5.98. The van der Waals surface area contributed by atoms with Crippen LogP contribution < -0.4 is 5.32 Å². The zero-order chi connectivity index (χ0) is 22.9. The molecular formula is C25H16Cl2FN3OS. The van der Waals surface area contributed by atoms with Crippen LogP contribution in [0.5, 0.6) is 0 Å². The number of para-hydroxylation sites is 1. The molecule has 3 aromatic carbocycles. The molecule has 1 aromatic heterocycles. The third kappa shape index (κ3) is 4.55. The number of amidine groups is 1. The lowest BCUT2D eigenvalue weighted by molar-refractivity contribution is -0.115. The number of nitrogens with zero attached hydrogens (tertiary/aromatic N) is 2. The minimum absolute atomic E-state index is 0.229. The average Bonchev–Trinajstić information content (AvgIpc) is 3.33. The number of carbonyl (C=O) groups excluding carboxylic acids is 1. The molecule has 0 radical (unpaired) electrons. The summed E-state index contributed by atoms with van der Waals surface area (Å²) in [5.41, 5.74) is 3.41. The summed E-state index contributed by atoms with van der Waals surface area (Å²) in [5, 5.41) is 4.97. The zero-order valence-corrected chi connectivity index (χ0v) is 19.4. The highest BCUT2D eigenvalue weighted by Gasteiger charge is 2.25. The molecule has 164 valence electrons. The minimum Gasteiger partial charge on any atom is -0.342 e. The van der Waals surface area contributed by atoms with Crippen LogP contribution in [-0.2, 0) is 11.3 Å². The van der Waals surface area contributed by atoms with E-state index in [0.29, 0.717) is 32.4 Å². The molecule has 0 saturated carbocycles. The van der Waals surface area contributed by atoms with E-state index in [4.69, 9.17) is 23.2 Å². The summed E-state index contributed by atoms with van der Waals surface area (Å²) >= 11 is 13.5. The normalized spacial score (nSPS) is 16.2. The highest BCUT2D eigenvalue weighted by atomic mass is 35.5. The number of aliphatic imine (C=N–C) groups is 1. The average molecular weight is 496 g/mol. The van der Waals surface area contributed by atoms with E-state index >= 15 is 0 Å². The van der Waals surface area contributed by atoms with Crippen molar-refractivity contribution in [1.29, 1.82) is 0 Å². The number of rotatable bonds is 4. The number of carbonyl (C=O) groups is 1. The van der Waals surface area contributed by atoms with Gasteiger partial charge in [0.1, 0.15) is 5.82 Å². The van der Waals surface area contributed by atoms with Gasteiger partial charge < -0.3 is 9.88 Å². The first-order valence-electron chi connectivity index (χ1n) is 10.0. The van der Waals surface area contributed by atoms with Crippen LogP contribution in [0.15, 0.2) is 82.8 Å². The van der Waals surface area contributed by atoms with Gasteiger partial charge in [0, 0.05) is 29.2 Å². The van der Waals surface area contributed by atoms with Crippen LogP contribution in [0.4, 0.5) is 10.1 Å². The number of hydrogen-bond acceptors (Lipinski definition) is 3. The highest BCUT2D eigenvalue weighted by Crippen LogP contribution is 2.35. The second-order valence-electron chi connectivity index (χ2n) is 7.41. The Bertz CT molecular complexity index is 1440. The number of halogens is 3. The van der Waals surface area contributed by atoms with Gasteiger partial charge in [-0.2, -0.15) is 0 Å². The van der Waals surface area contributed by atoms with Crippen molar-refractivity contribution in [3.05, 3.63) is 105 Å². The Hall–Kier alpha value is -3.06.